The number of morpholine rings is 1. The molecule has 2 fully saturated rings. The predicted molar refractivity (Wildman–Crippen MR) is 145 cm³/mol. The predicted octanol–water partition coefficient (Wildman–Crippen LogP) is 4.52. The quantitative estimate of drug-likeness (QED) is 0.514. The molecule has 2 saturated heterocycles. The average Bonchev–Trinajstić information content (AvgIpc) is 3.16. The van der Waals surface area contributed by atoms with Crippen molar-refractivity contribution < 1.29 is 13.9 Å². The highest BCUT2D eigenvalue weighted by molar-refractivity contribution is 5.97. The summed E-state index contributed by atoms with van der Waals surface area (Å²) in [6.45, 7) is 10.5. The maximum Gasteiger partial charge on any atom is 0.268 e. The minimum absolute atomic E-state index is 0.0243. The first kappa shape index (κ1) is 25.5. The molecule has 2 aliphatic rings. The van der Waals surface area contributed by atoms with Crippen LogP contribution in [0.4, 0.5) is 10.1 Å². The number of halogens is 1. The standard InChI is InChI=1S/C30H37FN4O2/c1-22-28(34-16-18-37-19-17-34)23(2)35(21-25-8-10-26(31)11-9-25)29(22)30(36)32-27-12-14-33(15-13-27)20-24-6-4-3-5-7-24/h3-11,27H,12-21H2,1-2H3,(H,32,36). The molecule has 1 N–H and O–H groups in total. The Balaban J connectivity index is 1.33. The van der Waals surface area contributed by atoms with E-state index in [4.69, 9.17) is 4.74 Å². The number of nitrogens with one attached hydrogen (secondary N) is 1. The Morgan fingerprint density at radius 1 is 0.919 bits per heavy atom. The summed E-state index contributed by atoms with van der Waals surface area (Å²) in [6, 6.07) is 17.2. The van der Waals surface area contributed by atoms with E-state index in [1.165, 1.54) is 17.7 Å². The third kappa shape index (κ3) is 5.89. The lowest BCUT2D eigenvalue weighted by atomic mass is 10.0. The van der Waals surface area contributed by atoms with Crippen LogP contribution in [0.2, 0.25) is 0 Å². The Morgan fingerprint density at radius 3 is 2.24 bits per heavy atom. The molecule has 0 atom stereocenters. The molecule has 196 valence electrons. The smallest absolute Gasteiger partial charge is 0.268 e. The van der Waals surface area contributed by atoms with Gasteiger partial charge in [-0.15, -0.1) is 0 Å². The van der Waals surface area contributed by atoms with Crippen LogP contribution < -0.4 is 10.2 Å². The summed E-state index contributed by atoms with van der Waals surface area (Å²) >= 11 is 0. The van der Waals surface area contributed by atoms with E-state index in [9.17, 15) is 9.18 Å². The molecule has 6 nitrogen and oxygen atoms in total. The molecule has 5 rings (SSSR count). The number of anilines is 1. The second kappa shape index (κ2) is 11.5. The fourth-order valence-corrected chi connectivity index (χ4v) is 5.73. The number of rotatable bonds is 7. The molecular formula is C30H37FN4O2. The zero-order chi connectivity index (χ0) is 25.8. The number of nitrogens with zero attached hydrogens (tertiary/aromatic N) is 3. The molecule has 0 unspecified atom stereocenters. The molecule has 3 heterocycles. The number of hydrogen-bond acceptors (Lipinski definition) is 4. The molecule has 7 heteroatoms. The SMILES string of the molecule is Cc1c(N2CCOCC2)c(C)n(Cc2ccc(F)cc2)c1C(=O)NC1CCN(Cc2ccccc2)CC1. The first-order valence-electron chi connectivity index (χ1n) is 13.3. The van der Waals surface area contributed by atoms with Crippen LogP contribution in [-0.4, -0.2) is 60.8 Å². The zero-order valence-electron chi connectivity index (χ0n) is 21.9. The van der Waals surface area contributed by atoms with Crippen LogP contribution in [0.15, 0.2) is 54.6 Å². The van der Waals surface area contributed by atoms with Crippen molar-refractivity contribution in [2.75, 3.05) is 44.3 Å². The third-order valence-electron chi connectivity index (χ3n) is 7.70. The Bertz CT molecular complexity index is 1190. The van der Waals surface area contributed by atoms with Gasteiger partial charge in [0.25, 0.3) is 5.91 Å². The molecule has 1 aromatic heterocycles. The van der Waals surface area contributed by atoms with E-state index >= 15 is 0 Å². The summed E-state index contributed by atoms with van der Waals surface area (Å²) in [7, 11) is 0. The van der Waals surface area contributed by atoms with Gasteiger partial charge in [-0.25, -0.2) is 4.39 Å². The Morgan fingerprint density at radius 2 is 1.57 bits per heavy atom. The largest absolute Gasteiger partial charge is 0.378 e. The third-order valence-corrected chi connectivity index (χ3v) is 7.70. The molecule has 0 radical (unpaired) electrons. The number of hydrogen-bond donors (Lipinski definition) is 1. The van der Waals surface area contributed by atoms with Crippen LogP contribution in [0.3, 0.4) is 0 Å². The summed E-state index contributed by atoms with van der Waals surface area (Å²) in [6.07, 6.45) is 1.87. The second-order valence-electron chi connectivity index (χ2n) is 10.2. The van der Waals surface area contributed by atoms with Gasteiger partial charge in [-0.2, -0.15) is 0 Å². The molecule has 2 aromatic carbocycles. The summed E-state index contributed by atoms with van der Waals surface area (Å²) in [5.74, 6) is -0.279. The normalized spacial score (nSPS) is 17.2. The van der Waals surface area contributed by atoms with E-state index in [0.717, 1.165) is 68.1 Å². The maximum absolute atomic E-state index is 13.8. The topological polar surface area (TPSA) is 49.7 Å². The van der Waals surface area contributed by atoms with Gasteiger partial charge in [0.15, 0.2) is 0 Å². The minimum Gasteiger partial charge on any atom is -0.378 e. The first-order valence-corrected chi connectivity index (χ1v) is 13.3. The van der Waals surface area contributed by atoms with Gasteiger partial charge in [0.1, 0.15) is 11.5 Å². The number of amides is 1. The molecule has 37 heavy (non-hydrogen) atoms. The Labute approximate surface area is 219 Å². The van der Waals surface area contributed by atoms with Crippen molar-refractivity contribution in [1.82, 2.24) is 14.8 Å². The molecular weight excluding hydrogens is 467 g/mol. The van der Waals surface area contributed by atoms with Crippen LogP contribution in [0.1, 0.15) is 45.7 Å². The molecule has 3 aromatic rings. The Hall–Kier alpha value is -3.16. The zero-order valence-corrected chi connectivity index (χ0v) is 21.9. The van der Waals surface area contributed by atoms with E-state index in [2.05, 4.69) is 57.8 Å². The highest BCUT2D eigenvalue weighted by Crippen LogP contribution is 2.32. The summed E-state index contributed by atoms with van der Waals surface area (Å²) in [5, 5.41) is 3.35. The van der Waals surface area contributed by atoms with Crippen LogP contribution in [0.25, 0.3) is 0 Å². The highest BCUT2D eigenvalue weighted by atomic mass is 19.1. The van der Waals surface area contributed by atoms with Gasteiger partial charge in [0.05, 0.1) is 18.9 Å². The first-order chi connectivity index (χ1) is 18.0. The van der Waals surface area contributed by atoms with Crippen molar-refractivity contribution in [3.05, 3.63) is 88.5 Å². The van der Waals surface area contributed by atoms with Gasteiger partial charge in [-0.1, -0.05) is 42.5 Å². The van der Waals surface area contributed by atoms with E-state index in [1.54, 1.807) is 12.1 Å². The number of benzene rings is 2. The minimum atomic E-state index is -0.255. The van der Waals surface area contributed by atoms with Crippen LogP contribution >= 0.6 is 0 Å². The average molecular weight is 505 g/mol. The van der Waals surface area contributed by atoms with Crippen molar-refractivity contribution in [1.29, 1.82) is 0 Å². The summed E-state index contributed by atoms with van der Waals surface area (Å²) in [5.41, 5.74) is 6.18. The fraction of sp³-hybridized carbons (Fsp3) is 0.433. The molecule has 0 aliphatic carbocycles. The van der Waals surface area contributed by atoms with Gasteiger partial charge < -0.3 is 19.5 Å². The van der Waals surface area contributed by atoms with E-state index in [0.29, 0.717) is 25.5 Å². The van der Waals surface area contributed by atoms with E-state index < -0.39 is 0 Å². The lowest BCUT2D eigenvalue weighted by Gasteiger charge is -2.32. The Kier molecular flexibility index (Phi) is 7.91. The maximum atomic E-state index is 13.8. The van der Waals surface area contributed by atoms with Gasteiger partial charge in [-0.05, 0) is 49.9 Å². The van der Waals surface area contributed by atoms with Crippen molar-refractivity contribution in [2.24, 2.45) is 0 Å². The molecule has 0 spiro atoms. The van der Waals surface area contributed by atoms with Crippen LogP contribution in [-0.2, 0) is 17.8 Å². The number of aromatic nitrogens is 1. The van der Waals surface area contributed by atoms with Gasteiger partial charge in [0, 0.05) is 56.6 Å². The van der Waals surface area contributed by atoms with E-state index in [1.807, 2.05) is 6.07 Å². The van der Waals surface area contributed by atoms with Gasteiger partial charge >= 0.3 is 0 Å². The van der Waals surface area contributed by atoms with Crippen molar-refractivity contribution in [2.45, 2.75) is 45.8 Å². The fourth-order valence-electron chi connectivity index (χ4n) is 5.73. The number of carbonyl (C=O) groups excluding carboxylic acids is 1. The number of piperidine rings is 1. The van der Waals surface area contributed by atoms with Crippen molar-refractivity contribution >= 4 is 11.6 Å². The van der Waals surface area contributed by atoms with Gasteiger partial charge in [0.2, 0.25) is 0 Å². The molecule has 0 bridgehead atoms. The molecule has 0 saturated carbocycles. The second-order valence-corrected chi connectivity index (χ2v) is 10.2. The lowest BCUT2D eigenvalue weighted by Crippen LogP contribution is -2.45. The van der Waals surface area contributed by atoms with Crippen LogP contribution in [0.5, 0.6) is 0 Å². The van der Waals surface area contributed by atoms with Gasteiger partial charge in [-0.3, -0.25) is 9.69 Å². The lowest BCUT2D eigenvalue weighted by molar-refractivity contribution is 0.0899. The van der Waals surface area contributed by atoms with E-state index in [-0.39, 0.29) is 17.8 Å². The molecule has 1 amide bonds. The monoisotopic (exact) mass is 504 g/mol. The number of likely N-dealkylation sites (tertiary alicyclic amines) is 1. The number of ether oxygens (including phenoxy) is 1. The number of carbonyl (C=O) groups is 1. The van der Waals surface area contributed by atoms with Crippen LogP contribution in [0, 0.1) is 19.7 Å². The summed E-state index contributed by atoms with van der Waals surface area (Å²) in [4.78, 5) is 18.6. The molecule has 2 aliphatic heterocycles. The van der Waals surface area contributed by atoms with Crippen molar-refractivity contribution in [3.63, 3.8) is 0 Å². The van der Waals surface area contributed by atoms with Crippen molar-refractivity contribution in [3.8, 4) is 0 Å². The summed E-state index contributed by atoms with van der Waals surface area (Å²) < 4.78 is 21.2. The highest BCUT2D eigenvalue weighted by Gasteiger charge is 2.29.